The van der Waals surface area contributed by atoms with Crippen molar-refractivity contribution in [2.75, 3.05) is 46.6 Å². The zero-order valence-corrected chi connectivity index (χ0v) is 46.8. The quantitative estimate of drug-likeness (QED) is 0.0450. The molecule has 0 fully saturated rings. The van der Waals surface area contributed by atoms with Gasteiger partial charge in [0.05, 0.1) is 19.8 Å². The Labute approximate surface area is 400 Å². The van der Waals surface area contributed by atoms with Crippen LogP contribution in [-0.4, -0.2) is 64.0 Å². The Morgan fingerprint density at radius 1 is 0.429 bits per heavy atom. The summed E-state index contributed by atoms with van der Waals surface area (Å²) in [7, 11) is 1.71. The molecule has 0 aromatic carbocycles. The van der Waals surface area contributed by atoms with Crippen LogP contribution in [0.4, 0.5) is 0 Å². The number of unbranched alkanes of at least 4 members (excludes halogenated alkanes) is 22. The van der Waals surface area contributed by atoms with Crippen molar-refractivity contribution in [1.29, 1.82) is 0 Å². The van der Waals surface area contributed by atoms with Gasteiger partial charge < -0.3 is 37.8 Å². The van der Waals surface area contributed by atoms with Crippen LogP contribution in [0.3, 0.4) is 0 Å². The van der Waals surface area contributed by atoms with E-state index in [-0.39, 0.29) is 74.1 Å². The Balaban J connectivity index is -0.000000229. The molecule has 0 saturated heterocycles. The molecule has 0 aromatic rings. The first-order valence-electron chi connectivity index (χ1n) is 23.7. The first kappa shape index (κ1) is 66.4. The number of nitrogens with zero attached hydrogens (tertiary/aromatic N) is 1. The number of methoxy groups -OCH3 is 1. The second kappa shape index (κ2) is 63.0. The van der Waals surface area contributed by atoms with Crippen LogP contribution in [0.1, 0.15) is 233 Å². The van der Waals surface area contributed by atoms with Crippen molar-refractivity contribution in [3.05, 3.63) is 13.8 Å². The summed E-state index contributed by atoms with van der Waals surface area (Å²) in [5.41, 5.74) is 0. The first-order valence-corrected chi connectivity index (χ1v) is 23.7. The van der Waals surface area contributed by atoms with E-state index in [1.807, 2.05) is 0 Å². The van der Waals surface area contributed by atoms with Crippen LogP contribution >= 0.6 is 0 Å². The summed E-state index contributed by atoms with van der Waals surface area (Å²) in [4.78, 5) is 24.2. The minimum Gasteiger partial charge on any atom is -0.542 e. The standard InChI is InChI=1S/C17H35NO2.2C16H31O.2U/c1-4-6-8-10-12-18(13-11-9-7-5-2)14-15-20-17-16-19-3;2*1-3-5-7-9-10-12-14-16(15-17)13-11-8-6-4-2;;/h1-2,4-17H2,3H3;2*16H,3-14H2,1-2H3;;/q-2;2*-1;;. The SMILES string of the molecule is CCCCCCCCC([C-]=O)CCCCCC.CCCCCCCCC([C-]=O)CCCCCC.[CH2-]CCCCCN(CCCCC[CH2-])CCOCCOC.[U].[U]. The summed E-state index contributed by atoms with van der Waals surface area (Å²) in [6, 6.07) is 0. The average Bonchev–Trinajstić information content (AvgIpc) is 3.19. The summed E-state index contributed by atoms with van der Waals surface area (Å²) < 4.78 is 10.6. The van der Waals surface area contributed by atoms with E-state index in [2.05, 4.69) is 59.0 Å². The van der Waals surface area contributed by atoms with E-state index in [4.69, 9.17) is 9.47 Å². The Morgan fingerprint density at radius 2 is 0.750 bits per heavy atom. The largest absolute Gasteiger partial charge is 0.542 e. The third-order valence-electron chi connectivity index (χ3n) is 10.4. The normalized spacial score (nSPS) is 11.7. The van der Waals surface area contributed by atoms with Crippen LogP contribution in [0.15, 0.2) is 0 Å². The van der Waals surface area contributed by atoms with Gasteiger partial charge in [-0.2, -0.15) is 12.8 Å². The molecule has 2 atom stereocenters. The fourth-order valence-corrected chi connectivity index (χ4v) is 6.65. The smallest absolute Gasteiger partial charge is 0.0700 e. The Hall–Kier alpha value is 1.32. The van der Waals surface area contributed by atoms with Gasteiger partial charge in [-0.25, -0.2) is 0 Å². The molecule has 0 spiro atoms. The summed E-state index contributed by atoms with van der Waals surface area (Å²) in [6.45, 7) is 22.4. The molecule has 0 amide bonds. The van der Waals surface area contributed by atoms with E-state index >= 15 is 0 Å². The number of ether oxygens (including phenoxy) is 2. The Bertz CT molecular complexity index is 624. The molecule has 0 rings (SSSR count). The minimum absolute atomic E-state index is 0. The molecular formula is C49H97NO4U2-4. The van der Waals surface area contributed by atoms with Gasteiger partial charge in [0, 0.05) is 75.9 Å². The molecule has 56 heavy (non-hydrogen) atoms. The van der Waals surface area contributed by atoms with Crippen LogP contribution in [0.2, 0.25) is 0 Å². The average molecular weight is 1240 g/mol. The molecule has 0 aliphatic carbocycles. The van der Waals surface area contributed by atoms with Gasteiger partial charge in [-0.1, -0.05) is 207 Å². The predicted molar refractivity (Wildman–Crippen MR) is 239 cm³/mol. The fourth-order valence-electron chi connectivity index (χ4n) is 6.65. The molecule has 0 aliphatic rings. The summed E-state index contributed by atoms with van der Waals surface area (Å²) in [6.07, 6.45) is 44.4. The monoisotopic (exact) mass is 1240 g/mol. The van der Waals surface area contributed by atoms with Gasteiger partial charge in [-0.3, -0.25) is 12.6 Å². The number of carbonyl (C=O) groups excluding carboxylic acids is 2. The number of hydrogen-bond acceptors (Lipinski definition) is 5. The van der Waals surface area contributed by atoms with Crippen LogP contribution in [0.25, 0.3) is 0 Å². The molecule has 334 valence electrons. The summed E-state index contributed by atoms with van der Waals surface area (Å²) >= 11 is 0. The third kappa shape index (κ3) is 59.6. The van der Waals surface area contributed by atoms with Crippen molar-refractivity contribution in [1.82, 2.24) is 4.90 Å². The van der Waals surface area contributed by atoms with Crippen molar-refractivity contribution in [3.8, 4) is 0 Å². The molecule has 0 aromatic heterocycles. The van der Waals surface area contributed by atoms with Gasteiger partial charge in [-0.15, -0.1) is 11.8 Å². The Morgan fingerprint density at radius 3 is 1.07 bits per heavy atom. The summed E-state index contributed by atoms with van der Waals surface area (Å²) in [5.74, 6) is 0.441. The van der Waals surface area contributed by atoms with Gasteiger partial charge in [0.15, 0.2) is 0 Å². The molecule has 0 aliphatic heterocycles. The van der Waals surface area contributed by atoms with Crippen molar-refractivity contribution in [2.24, 2.45) is 11.8 Å². The van der Waals surface area contributed by atoms with Crippen molar-refractivity contribution < 1.29 is 81.3 Å². The zero-order valence-electron chi connectivity index (χ0n) is 38.5. The van der Waals surface area contributed by atoms with Crippen LogP contribution in [0, 0.1) is 87.9 Å². The molecule has 5 nitrogen and oxygen atoms in total. The molecule has 0 saturated carbocycles. The molecule has 0 bridgehead atoms. The Kier molecular flexibility index (Phi) is 74.7. The maximum Gasteiger partial charge on any atom is 0.0700 e. The molecule has 0 radical (unpaired) electrons. The van der Waals surface area contributed by atoms with E-state index in [1.165, 1.54) is 180 Å². The summed E-state index contributed by atoms with van der Waals surface area (Å²) in [5, 5.41) is 0. The minimum atomic E-state index is 0. The van der Waals surface area contributed by atoms with Crippen LogP contribution < -0.4 is 0 Å². The van der Waals surface area contributed by atoms with E-state index in [9.17, 15) is 9.59 Å². The van der Waals surface area contributed by atoms with Gasteiger partial charge in [0.1, 0.15) is 0 Å². The molecule has 0 heterocycles. The number of rotatable bonds is 42. The van der Waals surface area contributed by atoms with Crippen LogP contribution in [-0.2, 0) is 19.1 Å². The van der Waals surface area contributed by atoms with Crippen molar-refractivity contribution in [2.45, 2.75) is 233 Å². The van der Waals surface area contributed by atoms with Gasteiger partial charge >= 0.3 is 0 Å². The maximum absolute atomic E-state index is 10.8. The van der Waals surface area contributed by atoms with E-state index in [0.29, 0.717) is 13.2 Å². The van der Waals surface area contributed by atoms with Crippen molar-refractivity contribution >= 4 is 12.6 Å². The van der Waals surface area contributed by atoms with Gasteiger partial charge in [0.2, 0.25) is 0 Å². The topological polar surface area (TPSA) is 55.8 Å². The second-order valence-electron chi connectivity index (χ2n) is 15.7. The van der Waals surface area contributed by atoms with Gasteiger partial charge in [-0.05, 0) is 25.9 Å². The maximum atomic E-state index is 10.8. The van der Waals surface area contributed by atoms with E-state index < -0.39 is 0 Å². The molecular weight excluding hydrogens is 1140 g/mol. The second-order valence-corrected chi connectivity index (χ2v) is 15.7. The molecule has 2 unspecified atom stereocenters. The molecule has 0 N–H and O–H groups in total. The predicted octanol–water partition coefficient (Wildman–Crippen LogP) is 14.6. The third-order valence-corrected chi connectivity index (χ3v) is 10.4. The van der Waals surface area contributed by atoms with E-state index in [0.717, 1.165) is 51.7 Å². The van der Waals surface area contributed by atoms with E-state index in [1.54, 1.807) is 7.11 Å². The first-order chi connectivity index (χ1) is 26.5. The number of hydrogen-bond donors (Lipinski definition) is 0. The van der Waals surface area contributed by atoms with Crippen LogP contribution in [0.5, 0.6) is 0 Å². The fraction of sp³-hybridized carbons (Fsp3) is 0.918. The van der Waals surface area contributed by atoms with Gasteiger partial charge in [0.25, 0.3) is 0 Å². The zero-order chi connectivity index (χ0) is 40.4. The molecule has 7 heteroatoms. The van der Waals surface area contributed by atoms with Crippen molar-refractivity contribution in [3.63, 3.8) is 0 Å².